The van der Waals surface area contributed by atoms with Gasteiger partial charge in [-0.05, 0) is 35.7 Å². The first-order valence-corrected chi connectivity index (χ1v) is 8.26. The van der Waals surface area contributed by atoms with Gasteiger partial charge in [-0.2, -0.15) is 0 Å². The third-order valence-corrected chi connectivity index (χ3v) is 4.85. The van der Waals surface area contributed by atoms with Crippen LogP contribution in [0.3, 0.4) is 0 Å². The summed E-state index contributed by atoms with van der Waals surface area (Å²) < 4.78 is 0. The molecule has 1 heterocycles. The van der Waals surface area contributed by atoms with E-state index in [0.29, 0.717) is 6.54 Å². The van der Waals surface area contributed by atoms with Gasteiger partial charge < -0.3 is 10.4 Å². The molecule has 1 unspecified atom stereocenters. The molecule has 2 N–H and O–H groups in total. The second kappa shape index (κ2) is 6.08. The molecule has 3 rings (SSSR count). The van der Waals surface area contributed by atoms with E-state index < -0.39 is 0 Å². The van der Waals surface area contributed by atoms with Gasteiger partial charge in [0.25, 0.3) is 0 Å². The van der Waals surface area contributed by atoms with Crippen molar-refractivity contribution in [1.29, 1.82) is 0 Å². The van der Waals surface area contributed by atoms with Gasteiger partial charge in [-0.15, -0.1) is 0 Å². The Morgan fingerprint density at radius 2 is 2.05 bits per heavy atom. The molecule has 110 valence electrons. The van der Waals surface area contributed by atoms with Crippen molar-refractivity contribution in [2.45, 2.75) is 18.9 Å². The van der Waals surface area contributed by atoms with Gasteiger partial charge in [-0.25, -0.2) is 0 Å². The standard InChI is InChI=1S/C17H20N2OS/c1-17(8-11-21-16(19-17)18-9-10-20)15-7-6-13-4-2-3-5-14(13)12-15/h2-7,12,20H,8-11H2,1H3,(H,18,19). The number of rotatable bonds is 3. The van der Waals surface area contributed by atoms with Crippen molar-refractivity contribution in [1.82, 2.24) is 5.32 Å². The van der Waals surface area contributed by atoms with Gasteiger partial charge in [0.2, 0.25) is 0 Å². The summed E-state index contributed by atoms with van der Waals surface area (Å²) in [6.07, 6.45) is 1.03. The SMILES string of the molecule is CC1(c2ccc3ccccc3c2)CCSC(NCCO)=N1. The number of aliphatic hydroxyl groups excluding tert-OH is 1. The number of hydrogen-bond donors (Lipinski definition) is 2. The van der Waals surface area contributed by atoms with E-state index in [-0.39, 0.29) is 12.1 Å². The fraction of sp³-hybridized carbons (Fsp3) is 0.353. The van der Waals surface area contributed by atoms with Crippen LogP contribution in [0, 0.1) is 0 Å². The molecule has 1 aliphatic rings. The average molecular weight is 300 g/mol. The monoisotopic (exact) mass is 300 g/mol. The van der Waals surface area contributed by atoms with Crippen LogP contribution in [-0.2, 0) is 5.54 Å². The fourth-order valence-corrected chi connectivity index (χ4v) is 3.81. The molecule has 0 radical (unpaired) electrons. The molecule has 0 fully saturated rings. The summed E-state index contributed by atoms with van der Waals surface area (Å²) in [4.78, 5) is 4.89. The molecule has 1 atom stereocenters. The molecular formula is C17H20N2OS. The highest BCUT2D eigenvalue weighted by Crippen LogP contribution is 2.36. The van der Waals surface area contributed by atoms with Gasteiger partial charge in [-0.1, -0.05) is 48.2 Å². The van der Waals surface area contributed by atoms with Gasteiger partial charge in [0.15, 0.2) is 5.17 Å². The average Bonchev–Trinajstić information content (AvgIpc) is 2.52. The summed E-state index contributed by atoms with van der Waals surface area (Å²) in [6, 6.07) is 15.0. The highest BCUT2D eigenvalue weighted by Gasteiger charge is 2.30. The molecule has 0 amide bonds. The predicted molar refractivity (Wildman–Crippen MR) is 90.9 cm³/mol. The van der Waals surface area contributed by atoms with E-state index in [1.807, 2.05) is 0 Å². The first-order valence-electron chi connectivity index (χ1n) is 7.28. The predicted octanol–water partition coefficient (Wildman–Crippen LogP) is 3.13. The lowest BCUT2D eigenvalue weighted by molar-refractivity contribution is 0.300. The Morgan fingerprint density at radius 1 is 1.24 bits per heavy atom. The minimum absolute atomic E-state index is 0.131. The fourth-order valence-electron chi connectivity index (χ4n) is 2.65. The molecule has 1 aliphatic heterocycles. The zero-order valence-electron chi connectivity index (χ0n) is 12.2. The van der Waals surface area contributed by atoms with Gasteiger partial charge in [-0.3, -0.25) is 4.99 Å². The van der Waals surface area contributed by atoms with Crippen LogP contribution in [0.25, 0.3) is 10.8 Å². The lowest BCUT2D eigenvalue weighted by atomic mass is 9.88. The van der Waals surface area contributed by atoms with E-state index in [0.717, 1.165) is 17.3 Å². The van der Waals surface area contributed by atoms with Crippen LogP contribution in [0.2, 0.25) is 0 Å². The van der Waals surface area contributed by atoms with Crippen LogP contribution in [0.4, 0.5) is 0 Å². The van der Waals surface area contributed by atoms with Crippen LogP contribution in [-0.4, -0.2) is 29.2 Å². The number of hydrogen-bond acceptors (Lipinski definition) is 4. The van der Waals surface area contributed by atoms with Crippen molar-refractivity contribution in [3.63, 3.8) is 0 Å². The Kier molecular flexibility index (Phi) is 4.17. The number of aliphatic hydroxyl groups is 1. The van der Waals surface area contributed by atoms with E-state index in [1.54, 1.807) is 11.8 Å². The Balaban J connectivity index is 1.95. The van der Waals surface area contributed by atoms with Crippen molar-refractivity contribution in [3.05, 3.63) is 48.0 Å². The minimum Gasteiger partial charge on any atom is -0.395 e. The molecule has 0 bridgehead atoms. The van der Waals surface area contributed by atoms with E-state index in [2.05, 4.69) is 54.7 Å². The molecule has 0 spiro atoms. The van der Waals surface area contributed by atoms with Crippen LogP contribution in [0.1, 0.15) is 18.9 Å². The molecule has 4 heteroatoms. The highest BCUT2D eigenvalue weighted by atomic mass is 32.2. The van der Waals surface area contributed by atoms with Crippen LogP contribution in [0.15, 0.2) is 47.5 Å². The minimum atomic E-state index is -0.187. The van der Waals surface area contributed by atoms with Crippen molar-refractivity contribution >= 4 is 27.7 Å². The van der Waals surface area contributed by atoms with Gasteiger partial charge >= 0.3 is 0 Å². The number of benzene rings is 2. The highest BCUT2D eigenvalue weighted by molar-refractivity contribution is 8.13. The Labute approximate surface area is 129 Å². The van der Waals surface area contributed by atoms with Crippen molar-refractivity contribution in [3.8, 4) is 0 Å². The van der Waals surface area contributed by atoms with Gasteiger partial charge in [0.05, 0.1) is 12.1 Å². The van der Waals surface area contributed by atoms with E-state index in [9.17, 15) is 0 Å². The molecule has 0 saturated heterocycles. The van der Waals surface area contributed by atoms with Crippen molar-refractivity contribution in [2.75, 3.05) is 18.9 Å². The molecule has 2 aromatic carbocycles. The largest absolute Gasteiger partial charge is 0.395 e. The van der Waals surface area contributed by atoms with E-state index in [1.165, 1.54) is 16.3 Å². The second-order valence-corrected chi connectivity index (χ2v) is 6.59. The molecule has 0 aromatic heterocycles. The van der Waals surface area contributed by atoms with E-state index in [4.69, 9.17) is 10.1 Å². The number of fused-ring (bicyclic) bond motifs is 1. The van der Waals surface area contributed by atoms with E-state index >= 15 is 0 Å². The summed E-state index contributed by atoms with van der Waals surface area (Å²) in [5, 5.41) is 15.6. The summed E-state index contributed by atoms with van der Waals surface area (Å²) in [5.74, 6) is 1.04. The summed E-state index contributed by atoms with van der Waals surface area (Å²) >= 11 is 1.73. The number of amidine groups is 1. The van der Waals surface area contributed by atoms with Gasteiger partial charge in [0, 0.05) is 12.3 Å². The topological polar surface area (TPSA) is 44.6 Å². The lowest BCUT2D eigenvalue weighted by Gasteiger charge is -2.31. The number of thioether (sulfide) groups is 1. The van der Waals surface area contributed by atoms with Gasteiger partial charge in [0.1, 0.15) is 0 Å². The van der Waals surface area contributed by atoms with Crippen LogP contribution >= 0.6 is 11.8 Å². The third-order valence-electron chi connectivity index (χ3n) is 3.94. The Bertz CT molecular complexity index is 671. The molecule has 0 aliphatic carbocycles. The number of nitrogens with zero attached hydrogens (tertiary/aromatic N) is 1. The zero-order chi connectivity index (χ0) is 14.7. The quantitative estimate of drug-likeness (QED) is 0.915. The first-order chi connectivity index (χ1) is 10.2. The second-order valence-electron chi connectivity index (χ2n) is 5.50. The Hall–Kier alpha value is -1.52. The summed E-state index contributed by atoms with van der Waals surface area (Å²) in [5.41, 5.74) is 1.07. The van der Waals surface area contributed by atoms with Crippen molar-refractivity contribution < 1.29 is 5.11 Å². The van der Waals surface area contributed by atoms with Crippen molar-refractivity contribution in [2.24, 2.45) is 4.99 Å². The molecule has 0 saturated carbocycles. The summed E-state index contributed by atoms with van der Waals surface area (Å²) in [6.45, 7) is 2.88. The smallest absolute Gasteiger partial charge is 0.157 e. The maximum absolute atomic E-state index is 8.94. The maximum Gasteiger partial charge on any atom is 0.157 e. The summed E-state index contributed by atoms with van der Waals surface area (Å²) in [7, 11) is 0. The first kappa shape index (κ1) is 14.4. The zero-order valence-corrected chi connectivity index (χ0v) is 13.0. The Morgan fingerprint density at radius 3 is 2.86 bits per heavy atom. The van der Waals surface area contributed by atoms with Crippen LogP contribution < -0.4 is 5.32 Å². The molecule has 2 aromatic rings. The number of aliphatic imine (C=N–C) groups is 1. The molecule has 3 nitrogen and oxygen atoms in total. The number of nitrogens with one attached hydrogen (secondary N) is 1. The maximum atomic E-state index is 8.94. The third kappa shape index (κ3) is 3.06. The normalized spacial score (nSPS) is 22.1. The molecular weight excluding hydrogens is 280 g/mol. The lowest BCUT2D eigenvalue weighted by Crippen LogP contribution is -2.33. The van der Waals surface area contributed by atoms with Crippen LogP contribution in [0.5, 0.6) is 0 Å². The molecule has 21 heavy (non-hydrogen) atoms.